The molecule has 0 aliphatic heterocycles. The quantitative estimate of drug-likeness (QED) is 0.470. The molecule has 0 bridgehead atoms. The molecular weight excluding hydrogens is 425 g/mol. The minimum Gasteiger partial charge on any atom is -0.349 e. The normalized spacial score (nSPS) is 10.7. The topological polar surface area (TPSA) is 98.9 Å². The van der Waals surface area contributed by atoms with E-state index in [0.29, 0.717) is 11.3 Å². The van der Waals surface area contributed by atoms with E-state index in [9.17, 15) is 18.8 Å². The molecule has 2 aromatic carbocycles. The number of aromatic nitrogens is 4. The molecular formula is C24H20FN5O3. The summed E-state index contributed by atoms with van der Waals surface area (Å²) in [5.74, 6) is -0.870. The number of nitrogens with zero attached hydrogens (tertiary/aromatic N) is 4. The highest BCUT2D eigenvalue weighted by atomic mass is 19.1. The molecule has 2 aromatic heterocycles. The fourth-order valence-electron chi connectivity index (χ4n) is 3.18. The maximum atomic E-state index is 13.1. The minimum absolute atomic E-state index is 0.0510. The van der Waals surface area contributed by atoms with Crippen LogP contribution < -0.4 is 16.4 Å². The number of halogens is 1. The molecule has 0 atom stereocenters. The molecule has 8 nitrogen and oxygen atoms in total. The SMILES string of the molecule is O=C(NCCn1nc(-c2ccccc2)ccc1=O)c1ccc(=O)n(Cc2ccc(F)cc2)n1. The van der Waals surface area contributed by atoms with E-state index in [2.05, 4.69) is 15.5 Å². The molecule has 0 radical (unpaired) electrons. The Bertz CT molecular complexity index is 1380. The predicted molar refractivity (Wildman–Crippen MR) is 120 cm³/mol. The van der Waals surface area contributed by atoms with Crippen LogP contribution in [-0.4, -0.2) is 32.0 Å². The third kappa shape index (κ3) is 5.45. The zero-order valence-electron chi connectivity index (χ0n) is 17.5. The van der Waals surface area contributed by atoms with Crippen molar-refractivity contribution >= 4 is 5.91 Å². The lowest BCUT2D eigenvalue weighted by atomic mass is 10.1. The van der Waals surface area contributed by atoms with Crippen molar-refractivity contribution in [3.8, 4) is 11.3 Å². The zero-order valence-corrected chi connectivity index (χ0v) is 17.5. The van der Waals surface area contributed by atoms with Gasteiger partial charge in [-0.3, -0.25) is 14.4 Å². The van der Waals surface area contributed by atoms with E-state index < -0.39 is 5.91 Å². The van der Waals surface area contributed by atoms with Crippen molar-refractivity contribution in [2.45, 2.75) is 13.1 Å². The van der Waals surface area contributed by atoms with Gasteiger partial charge in [0.05, 0.1) is 18.8 Å². The van der Waals surface area contributed by atoms with Gasteiger partial charge >= 0.3 is 0 Å². The molecule has 9 heteroatoms. The average Bonchev–Trinajstić information content (AvgIpc) is 2.83. The van der Waals surface area contributed by atoms with Crippen LogP contribution in [0.3, 0.4) is 0 Å². The van der Waals surface area contributed by atoms with E-state index in [0.717, 1.165) is 10.2 Å². The summed E-state index contributed by atoms with van der Waals surface area (Å²) in [5.41, 5.74) is 1.58. The molecule has 0 aliphatic carbocycles. The number of benzene rings is 2. The lowest BCUT2D eigenvalue weighted by Gasteiger charge is -2.10. The molecule has 0 spiro atoms. The molecule has 1 N–H and O–H groups in total. The van der Waals surface area contributed by atoms with Crippen molar-refractivity contribution in [3.05, 3.63) is 117 Å². The van der Waals surface area contributed by atoms with Gasteiger partial charge in [0.2, 0.25) is 0 Å². The molecule has 1 amide bonds. The number of carbonyl (C=O) groups is 1. The third-order valence-electron chi connectivity index (χ3n) is 4.89. The zero-order chi connectivity index (χ0) is 23.2. The molecule has 4 rings (SSSR count). The molecule has 0 aliphatic rings. The summed E-state index contributed by atoms with van der Waals surface area (Å²) < 4.78 is 15.5. The monoisotopic (exact) mass is 445 g/mol. The third-order valence-corrected chi connectivity index (χ3v) is 4.89. The maximum absolute atomic E-state index is 13.1. The van der Waals surface area contributed by atoms with E-state index in [-0.39, 0.29) is 42.3 Å². The highest BCUT2D eigenvalue weighted by Crippen LogP contribution is 2.13. The van der Waals surface area contributed by atoms with Crippen LogP contribution in [0.5, 0.6) is 0 Å². The number of rotatable bonds is 7. The Morgan fingerprint density at radius 2 is 1.52 bits per heavy atom. The average molecular weight is 445 g/mol. The van der Waals surface area contributed by atoms with Gasteiger partial charge in [-0.1, -0.05) is 42.5 Å². The van der Waals surface area contributed by atoms with Crippen molar-refractivity contribution < 1.29 is 9.18 Å². The second-order valence-corrected chi connectivity index (χ2v) is 7.24. The van der Waals surface area contributed by atoms with Crippen molar-refractivity contribution in [1.29, 1.82) is 0 Å². The highest BCUT2D eigenvalue weighted by Gasteiger charge is 2.11. The van der Waals surface area contributed by atoms with Gasteiger partial charge in [0.15, 0.2) is 0 Å². The van der Waals surface area contributed by atoms with Crippen LogP contribution in [-0.2, 0) is 13.1 Å². The number of amides is 1. The van der Waals surface area contributed by atoms with E-state index in [1.54, 1.807) is 18.2 Å². The van der Waals surface area contributed by atoms with Gasteiger partial charge in [-0.05, 0) is 29.8 Å². The van der Waals surface area contributed by atoms with Crippen molar-refractivity contribution in [2.24, 2.45) is 0 Å². The fourth-order valence-corrected chi connectivity index (χ4v) is 3.18. The lowest BCUT2D eigenvalue weighted by Crippen LogP contribution is -2.34. The predicted octanol–water partition coefficient (Wildman–Crippen LogP) is 2.08. The number of nitrogens with one attached hydrogen (secondary N) is 1. The van der Waals surface area contributed by atoms with E-state index >= 15 is 0 Å². The highest BCUT2D eigenvalue weighted by molar-refractivity contribution is 5.91. The summed E-state index contributed by atoms with van der Waals surface area (Å²) in [7, 11) is 0. The Kier molecular flexibility index (Phi) is 6.49. The Hall–Kier alpha value is -4.40. The second kappa shape index (κ2) is 9.82. The first-order valence-electron chi connectivity index (χ1n) is 10.2. The number of hydrogen-bond acceptors (Lipinski definition) is 5. The summed E-state index contributed by atoms with van der Waals surface area (Å²) in [5, 5.41) is 11.1. The summed E-state index contributed by atoms with van der Waals surface area (Å²) in [6, 6.07) is 20.8. The number of carbonyl (C=O) groups excluding carboxylic acids is 1. The van der Waals surface area contributed by atoms with Gasteiger partial charge in [-0.2, -0.15) is 10.2 Å². The van der Waals surface area contributed by atoms with E-state index in [4.69, 9.17) is 0 Å². The van der Waals surface area contributed by atoms with Crippen LogP contribution in [0.2, 0.25) is 0 Å². The molecule has 0 fully saturated rings. The Morgan fingerprint density at radius 3 is 2.27 bits per heavy atom. The van der Waals surface area contributed by atoms with Gasteiger partial charge in [0, 0.05) is 24.2 Å². The minimum atomic E-state index is -0.491. The maximum Gasteiger partial charge on any atom is 0.271 e. The molecule has 0 unspecified atom stereocenters. The van der Waals surface area contributed by atoms with Crippen molar-refractivity contribution in [2.75, 3.05) is 6.54 Å². The van der Waals surface area contributed by atoms with E-state index in [1.807, 2.05) is 30.3 Å². The first-order chi connectivity index (χ1) is 16.0. The van der Waals surface area contributed by atoms with E-state index in [1.165, 1.54) is 35.0 Å². The Morgan fingerprint density at radius 1 is 0.818 bits per heavy atom. The lowest BCUT2D eigenvalue weighted by molar-refractivity contribution is 0.0944. The standard InChI is InChI=1S/C24H20FN5O3/c25-19-8-6-17(7-9-19)16-30-23(32)13-11-21(28-30)24(33)26-14-15-29-22(31)12-10-20(27-29)18-4-2-1-3-5-18/h1-13H,14-16H2,(H,26,33). The van der Waals surface area contributed by atoms with Crippen LogP contribution in [0.15, 0.2) is 88.5 Å². The largest absolute Gasteiger partial charge is 0.349 e. The summed E-state index contributed by atoms with van der Waals surface area (Å²) in [6.45, 7) is 0.412. The first-order valence-corrected chi connectivity index (χ1v) is 10.2. The first kappa shape index (κ1) is 21.8. The summed E-state index contributed by atoms with van der Waals surface area (Å²) in [4.78, 5) is 36.8. The molecule has 166 valence electrons. The molecule has 0 saturated carbocycles. The van der Waals surface area contributed by atoms with Gasteiger partial charge < -0.3 is 5.32 Å². The molecule has 0 saturated heterocycles. The van der Waals surface area contributed by atoms with Gasteiger partial charge in [0.25, 0.3) is 17.0 Å². The van der Waals surface area contributed by atoms with Crippen molar-refractivity contribution in [1.82, 2.24) is 24.9 Å². The Labute approximate surface area is 187 Å². The van der Waals surface area contributed by atoms with Gasteiger partial charge in [-0.25, -0.2) is 13.8 Å². The Balaban J connectivity index is 1.42. The summed E-state index contributed by atoms with van der Waals surface area (Å²) >= 11 is 0. The summed E-state index contributed by atoms with van der Waals surface area (Å²) in [6.07, 6.45) is 0. The van der Waals surface area contributed by atoms with Gasteiger partial charge in [0.1, 0.15) is 11.5 Å². The fraction of sp³-hybridized carbons (Fsp3) is 0.125. The van der Waals surface area contributed by atoms with Gasteiger partial charge in [-0.15, -0.1) is 0 Å². The van der Waals surface area contributed by atoms with Crippen LogP contribution in [0.4, 0.5) is 4.39 Å². The second-order valence-electron chi connectivity index (χ2n) is 7.24. The van der Waals surface area contributed by atoms with Crippen LogP contribution in [0, 0.1) is 5.82 Å². The van der Waals surface area contributed by atoms with Crippen LogP contribution >= 0.6 is 0 Å². The number of hydrogen-bond donors (Lipinski definition) is 1. The molecule has 33 heavy (non-hydrogen) atoms. The van der Waals surface area contributed by atoms with Crippen molar-refractivity contribution in [3.63, 3.8) is 0 Å². The smallest absolute Gasteiger partial charge is 0.271 e. The van der Waals surface area contributed by atoms with Crippen LogP contribution in [0.1, 0.15) is 16.1 Å². The molecule has 4 aromatic rings. The van der Waals surface area contributed by atoms with Crippen LogP contribution in [0.25, 0.3) is 11.3 Å². The molecule has 2 heterocycles.